The summed E-state index contributed by atoms with van der Waals surface area (Å²) in [7, 11) is 1.81. The predicted molar refractivity (Wildman–Crippen MR) is 103 cm³/mol. The number of hydrogen-bond acceptors (Lipinski definition) is 6. The molecule has 2 saturated heterocycles. The number of hydrogen-bond donors (Lipinski definition) is 1. The molecule has 2 aliphatic rings. The maximum atomic E-state index is 12.8. The van der Waals surface area contributed by atoms with Crippen LogP contribution in [0.15, 0.2) is 41.0 Å². The maximum absolute atomic E-state index is 12.8. The number of rotatable bonds is 3. The lowest BCUT2D eigenvalue weighted by molar-refractivity contribution is -0.180. The third-order valence-corrected chi connectivity index (χ3v) is 5.57. The first kappa shape index (κ1) is 20.3. The van der Waals surface area contributed by atoms with Crippen molar-refractivity contribution in [1.29, 1.82) is 0 Å². The molecule has 2 aromatic rings. The number of likely N-dealkylation sites (N-methyl/N-ethyl adjacent to an activating group) is 1. The maximum Gasteiger partial charge on any atom is 0.275 e. The second-order valence-electron chi connectivity index (χ2n) is 6.87. The molecule has 9 heteroatoms. The van der Waals surface area contributed by atoms with Crippen molar-refractivity contribution in [2.75, 3.05) is 26.7 Å². The zero-order chi connectivity index (χ0) is 19.0. The normalized spacial score (nSPS) is 24.5. The summed E-state index contributed by atoms with van der Waals surface area (Å²) in [5.74, 6) is 0.0514. The SMILES string of the molecule is CN1C(=O)CO[C@@H]2CN(C(=O)c3coc(CN)n3)CC[C@]21c1ccccc1.Cl. The van der Waals surface area contributed by atoms with Crippen LogP contribution in [0.2, 0.25) is 0 Å². The summed E-state index contributed by atoms with van der Waals surface area (Å²) < 4.78 is 11.1. The number of piperidine rings is 1. The molecule has 3 heterocycles. The van der Waals surface area contributed by atoms with E-state index in [-0.39, 0.29) is 49.2 Å². The fourth-order valence-corrected chi connectivity index (χ4v) is 4.07. The first-order valence-corrected chi connectivity index (χ1v) is 8.94. The average molecular weight is 407 g/mol. The van der Waals surface area contributed by atoms with Gasteiger partial charge in [0.25, 0.3) is 5.91 Å². The van der Waals surface area contributed by atoms with Gasteiger partial charge in [-0.3, -0.25) is 9.59 Å². The molecule has 150 valence electrons. The van der Waals surface area contributed by atoms with Crippen LogP contribution in [0.5, 0.6) is 0 Å². The van der Waals surface area contributed by atoms with Gasteiger partial charge in [-0.1, -0.05) is 30.3 Å². The van der Waals surface area contributed by atoms with E-state index in [1.807, 2.05) is 37.4 Å². The Morgan fingerprint density at radius 3 is 2.79 bits per heavy atom. The third-order valence-electron chi connectivity index (χ3n) is 5.57. The second kappa shape index (κ2) is 7.90. The third kappa shape index (κ3) is 3.17. The molecule has 2 atom stereocenters. The van der Waals surface area contributed by atoms with Crippen molar-refractivity contribution < 1.29 is 18.7 Å². The Bertz CT molecular complexity index is 859. The van der Waals surface area contributed by atoms with Gasteiger partial charge < -0.3 is 24.7 Å². The van der Waals surface area contributed by atoms with Crippen molar-refractivity contribution in [3.63, 3.8) is 0 Å². The van der Waals surface area contributed by atoms with Gasteiger partial charge >= 0.3 is 0 Å². The van der Waals surface area contributed by atoms with E-state index in [2.05, 4.69) is 4.98 Å². The number of benzene rings is 1. The first-order valence-electron chi connectivity index (χ1n) is 8.94. The Morgan fingerprint density at radius 2 is 2.11 bits per heavy atom. The Balaban J connectivity index is 0.00000225. The number of carbonyl (C=O) groups is 2. The van der Waals surface area contributed by atoms with E-state index in [1.165, 1.54) is 6.26 Å². The number of likely N-dealkylation sites (tertiary alicyclic amines) is 1. The highest BCUT2D eigenvalue weighted by Crippen LogP contribution is 2.42. The number of nitrogens with two attached hydrogens (primary N) is 1. The van der Waals surface area contributed by atoms with Crippen LogP contribution in [-0.2, 0) is 21.6 Å². The van der Waals surface area contributed by atoms with Gasteiger partial charge in [0.15, 0.2) is 5.69 Å². The quantitative estimate of drug-likeness (QED) is 0.820. The van der Waals surface area contributed by atoms with Crippen molar-refractivity contribution in [2.24, 2.45) is 5.73 Å². The van der Waals surface area contributed by atoms with E-state index in [4.69, 9.17) is 14.9 Å². The lowest BCUT2D eigenvalue weighted by Gasteiger charge is -2.54. The number of ether oxygens (including phenoxy) is 1. The van der Waals surface area contributed by atoms with E-state index in [0.717, 1.165) is 5.56 Å². The molecular weight excluding hydrogens is 384 g/mol. The molecule has 8 nitrogen and oxygen atoms in total. The Labute approximate surface area is 169 Å². The van der Waals surface area contributed by atoms with Crippen molar-refractivity contribution in [3.05, 3.63) is 53.7 Å². The number of halogens is 1. The lowest BCUT2D eigenvalue weighted by Crippen LogP contribution is -2.67. The van der Waals surface area contributed by atoms with Gasteiger partial charge in [0, 0.05) is 20.1 Å². The van der Waals surface area contributed by atoms with Gasteiger partial charge in [-0.15, -0.1) is 12.4 Å². The highest BCUT2D eigenvalue weighted by Gasteiger charge is 2.53. The number of nitrogens with zero attached hydrogens (tertiary/aromatic N) is 3. The van der Waals surface area contributed by atoms with Gasteiger partial charge in [0.1, 0.15) is 19.0 Å². The number of carbonyl (C=O) groups excluding carboxylic acids is 2. The molecule has 1 aromatic carbocycles. The van der Waals surface area contributed by atoms with Crippen LogP contribution in [0, 0.1) is 0 Å². The molecule has 2 fully saturated rings. The largest absolute Gasteiger partial charge is 0.447 e. The van der Waals surface area contributed by atoms with Crippen LogP contribution >= 0.6 is 12.4 Å². The highest BCUT2D eigenvalue weighted by atomic mass is 35.5. The van der Waals surface area contributed by atoms with Gasteiger partial charge in [0.05, 0.1) is 12.1 Å². The van der Waals surface area contributed by atoms with E-state index < -0.39 is 5.54 Å². The summed E-state index contributed by atoms with van der Waals surface area (Å²) in [4.78, 5) is 32.8. The average Bonchev–Trinajstić information content (AvgIpc) is 3.20. The van der Waals surface area contributed by atoms with Crippen LogP contribution in [0.3, 0.4) is 0 Å². The fraction of sp³-hybridized carbons (Fsp3) is 0.421. The smallest absolute Gasteiger partial charge is 0.275 e. The van der Waals surface area contributed by atoms with E-state index >= 15 is 0 Å². The molecule has 0 unspecified atom stereocenters. The minimum absolute atomic E-state index is 0. The minimum atomic E-state index is -0.584. The van der Waals surface area contributed by atoms with Gasteiger partial charge in [-0.25, -0.2) is 4.98 Å². The molecule has 2 amide bonds. The molecule has 2 aliphatic heterocycles. The van der Waals surface area contributed by atoms with Crippen LogP contribution in [0.1, 0.15) is 28.4 Å². The molecule has 2 N–H and O–H groups in total. The number of morpholine rings is 1. The first-order chi connectivity index (χ1) is 13.1. The number of amides is 2. The molecular formula is C19H23ClN4O4. The molecule has 0 spiro atoms. The monoisotopic (exact) mass is 406 g/mol. The zero-order valence-electron chi connectivity index (χ0n) is 15.5. The van der Waals surface area contributed by atoms with Crippen LogP contribution in [-0.4, -0.2) is 59.4 Å². The van der Waals surface area contributed by atoms with Crippen LogP contribution < -0.4 is 5.73 Å². The van der Waals surface area contributed by atoms with Crippen molar-refractivity contribution in [1.82, 2.24) is 14.8 Å². The van der Waals surface area contributed by atoms with Crippen LogP contribution in [0.25, 0.3) is 0 Å². The zero-order valence-corrected chi connectivity index (χ0v) is 16.4. The summed E-state index contributed by atoms with van der Waals surface area (Å²) in [5.41, 5.74) is 6.17. The summed E-state index contributed by atoms with van der Waals surface area (Å²) in [6, 6.07) is 9.87. The fourth-order valence-electron chi connectivity index (χ4n) is 4.07. The topological polar surface area (TPSA) is 102 Å². The van der Waals surface area contributed by atoms with Gasteiger partial charge in [-0.05, 0) is 12.0 Å². The molecule has 0 bridgehead atoms. The van der Waals surface area contributed by atoms with E-state index in [1.54, 1.807) is 9.80 Å². The molecule has 4 rings (SSSR count). The molecule has 28 heavy (non-hydrogen) atoms. The number of aromatic nitrogens is 1. The number of oxazole rings is 1. The minimum Gasteiger partial charge on any atom is -0.447 e. The summed E-state index contributed by atoms with van der Waals surface area (Å²) in [6.45, 7) is 1.01. The lowest BCUT2D eigenvalue weighted by atomic mass is 9.76. The standard InChI is InChI=1S/C19H22N4O4.ClH/c1-22-17(24)12-26-15-10-23(18(25)14-11-27-16(9-20)21-14)8-7-19(15,22)13-5-3-2-4-6-13;/h2-6,11,15H,7-10,12,20H2,1H3;1H/t15-,19+;/m1./s1. The number of fused-ring (bicyclic) bond motifs is 1. The van der Waals surface area contributed by atoms with Crippen molar-refractivity contribution >= 4 is 24.2 Å². The molecule has 0 saturated carbocycles. The van der Waals surface area contributed by atoms with Gasteiger partial charge in [0.2, 0.25) is 11.8 Å². The summed E-state index contributed by atoms with van der Waals surface area (Å²) >= 11 is 0. The summed E-state index contributed by atoms with van der Waals surface area (Å²) in [5, 5.41) is 0. The molecule has 0 aliphatic carbocycles. The Morgan fingerprint density at radius 1 is 1.36 bits per heavy atom. The van der Waals surface area contributed by atoms with Gasteiger partial charge in [-0.2, -0.15) is 0 Å². The second-order valence-corrected chi connectivity index (χ2v) is 6.87. The van der Waals surface area contributed by atoms with Crippen molar-refractivity contribution in [2.45, 2.75) is 24.6 Å². The molecule has 1 aromatic heterocycles. The van der Waals surface area contributed by atoms with E-state index in [9.17, 15) is 9.59 Å². The summed E-state index contributed by atoms with van der Waals surface area (Å²) in [6.07, 6.45) is 1.60. The predicted octanol–water partition coefficient (Wildman–Crippen LogP) is 1.15. The van der Waals surface area contributed by atoms with Crippen LogP contribution in [0.4, 0.5) is 0 Å². The van der Waals surface area contributed by atoms with E-state index in [0.29, 0.717) is 25.4 Å². The Hall–Kier alpha value is -2.42. The highest BCUT2D eigenvalue weighted by molar-refractivity contribution is 5.92. The van der Waals surface area contributed by atoms with Crippen molar-refractivity contribution in [3.8, 4) is 0 Å². The Kier molecular flexibility index (Phi) is 5.74. The molecule has 0 radical (unpaired) electrons.